The van der Waals surface area contributed by atoms with E-state index in [-0.39, 0.29) is 5.78 Å². The Hall–Kier alpha value is -1.58. The van der Waals surface area contributed by atoms with Gasteiger partial charge in [0.15, 0.2) is 5.78 Å². The number of thioether (sulfide) groups is 1. The molecule has 2 aromatic carbocycles. The maximum absolute atomic E-state index is 12.8. The van der Waals surface area contributed by atoms with Crippen LogP contribution in [0.5, 0.6) is 0 Å². The van der Waals surface area contributed by atoms with Crippen LogP contribution >= 0.6 is 11.8 Å². The Balaban J connectivity index is 1.48. The molecule has 4 rings (SSSR count). The average Bonchev–Trinajstić information content (AvgIpc) is 3.08. The Morgan fingerprint density at radius 1 is 1.04 bits per heavy atom. The summed E-state index contributed by atoms with van der Waals surface area (Å²) in [6.45, 7) is 0.780. The molecular weight excluding hydrogens is 316 g/mol. The molecule has 1 aliphatic heterocycles. The van der Waals surface area contributed by atoms with Crippen molar-refractivity contribution in [3.63, 3.8) is 0 Å². The molecule has 0 aromatic heterocycles. The van der Waals surface area contributed by atoms with E-state index in [4.69, 9.17) is 4.74 Å². The van der Waals surface area contributed by atoms with Gasteiger partial charge in [0.2, 0.25) is 0 Å². The number of carbonyl (C=O) groups is 1. The summed E-state index contributed by atoms with van der Waals surface area (Å²) in [6, 6.07) is 14.2. The van der Waals surface area contributed by atoms with Crippen molar-refractivity contribution >= 4 is 17.5 Å². The van der Waals surface area contributed by atoms with Crippen LogP contribution in [0, 0.1) is 0 Å². The van der Waals surface area contributed by atoms with E-state index in [2.05, 4.69) is 18.2 Å². The molecule has 2 aromatic rings. The Morgan fingerprint density at radius 3 is 2.75 bits per heavy atom. The third kappa shape index (κ3) is 3.28. The van der Waals surface area contributed by atoms with E-state index in [1.54, 1.807) is 11.8 Å². The van der Waals surface area contributed by atoms with Crippen LogP contribution in [0.4, 0.5) is 0 Å². The minimum Gasteiger partial charge on any atom is -0.378 e. The molecule has 0 radical (unpaired) electrons. The minimum absolute atomic E-state index is 0.152. The van der Waals surface area contributed by atoms with Gasteiger partial charge in [-0.15, -0.1) is 11.8 Å². The Morgan fingerprint density at radius 2 is 1.88 bits per heavy atom. The van der Waals surface area contributed by atoms with Crippen LogP contribution in [-0.2, 0) is 16.9 Å². The minimum atomic E-state index is 0.152. The number of ketones is 1. The molecule has 1 saturated carbocycles. The standard InChI is InChI=1S/C21H22O2S/c22-21-18-8-4-1-5-16(18)14-24-20-13-15(9-10-19(20)21)11-12-23-17-6-2-3-7-17/h1,4-5,8-10,13,17H,2-3,6-7,11-12,14H2. The van der Waals surface area contributed by atoms with E-state index in [0.29, 0.717) is 6.10 Å². The predicted octanol–water partition coefficient (Wildman–Crippen LogP) is 5.03. The second-order valence-corrected chi connectivity index (χ2v) is 7.65. The van der Waals surface area contributed by atoms with Crippen LogP contribution in [-0.4, -0.2) is 18.5 Å². The third-order valence-electron chi connectivity index (χ3n) is 4.98. The maximum atomic E-state index is 12.8. The molecule has 0 amide bonds. The number of hydrogen-bond acceptors (Lipinski definition) is 3. The van der Waals surface area contributed by atoms with Gasteiger partial charge in [0.25, 0.3) is 0 Å². The van der Waals surface area contributed by atoms with Crippen LogP contribution in [0.3, 0.4) is 0 Å². The maximum Gasteiger partial charge on any atom is 0.194 e. The molecule has 1 heterocycles. The van der Waals surface area contributed by atoms with Gasteiger partial charge in [-0.25, -0.2) is 0 Å². The van der Waals surface area contributed by atoms with Crippen molar-refractivity contribution in [1.82, 2.24) is 0 Å². The van der Waals surface area contributed by atoms with Crippen LogP contribution in [0.25, 0.3) is 0 Å². The lowest BCUT2D eigenvalue weighted by atomic mass is 9.98. The van der Waals surface area contributed by atoms with Crippen molar-refractivity contribution in [2.45, 2.75) is 48.9 Å². The van der Waals surface area contributed by atoms with E-state index in [1.807, 2.05) is 24.3 Å². The van der Waals surface area contributed by atoms with Crippen molar-refractivity contribution < 1.29 is 9.53 Å². The van der Waals surface area contributed by atoms with Crippen molar-refractivity contribution in [1.29, 1.82) is 0 Å². The number of hydrogen-bond donors (Lipinski definition) is 0. The summed E-state index contributed by atoms with van der Waals surface area (Å²) >= 11 is 1.77. The van der Waals surface area contributed by atoms with Crippen molar-refractivity contribution in [3.8, 4) is 0 Å². The van der Waals surface area contributed by atoms with Gasteiger partial charge in [-0.2, -0.15) is 0 Å². The monoisotopic (exact) mass is 338 g/mol. The largest absolute Gasteiger partial charge is 0.378 e. The van der Waals surface area contributed by atoms with Gasteiger partial charge < -0.3 is 4.74 Å². The lowest BCUT2D eigenvalue weighted by molar-refractivity contribution is 0.0606. The first kappa shape index (κ1) is 15.9. The fourth-order valence-corrected chi connectivity index (χ4v) is 4.71. The molecule has 0 atom stereocenters. The topological polar surface area (TPSA) is 26.3 Å². The van der Waals surface area contributed by atoms with E-state index in [0.717, 1.165) is 40.4 Å². The molecule has 0 bridgehead atoms. The predicted molar refractivity (Wildman–Crippen MR) is 97.8 cm³/mol. The van der Waals surface area contributed by atoms with Gasteiger partial charge in [-0.3, -0.25) is 4.79 Å². The average molecular weight is 338 g/mol. The second kappa shape index (κ2) is 7.12. The molecule has 0 saturated heterocycles. The fourth-order valence-electron chi connectivity index (χ4n) is 3.60. The zero-order valence-electron chi connectivity index (χ0n) is 13.8. The zero-order chi connectivity index (χ0) is 16.4. The molecule has 1 aliphatic carbocycles. The highest BCUT2D eigenvalue weighted by Gasteiger charge is 2.21. The van der Waals surface area contributed by atoms with Crippen LogP contribution in [0.1, 0.15) is 52.7 Å². The molecule has 3 heteroatoms. The van der Waals surface area contributed by atoms with Crippen molar-refractivity contribution in [2.24, 2.45) is 0 Å². The highest BCUT2D eigenvalue weighted by Crippen LogP contribution is 2.34. The lowest BCUT2D eigenvalue weighted by Crippen LogP contribution is -2.10. The van der Waals surface area contributed by atoms with E-state index < -0.39 is 0 Å². The molecule has 124 valence electrons. The Kier molecular flexibility index (Phi) is 4.72. The first-order valence-electron chi connectivity index (χ1n) is 8.81. The van der Waals surface area contributed by atoms with Crippen molar-refractivity contribution in [2.75, 3.05) is 6.61 Å². The number of ether oxygens (including phenoxy) is 1. The molecular formula is C21H22O2S. The van der Waals surface area contributed by atoms with E-state index >= 15 is 0 Å². The van der Waals surface area contributed by atoms with Gasteiger partial charge >= 0.3 is 0 Å². The number of benzene rings is 2. The summed E-state index contributed by atoms with van der Waals surface area (Å²) in [5.74, 6) is 1.01. The molecule has 24 heavy (non-hydrogen) atoms. The summed E-state index contributed by atoms with van der Waals surface area (Å²) < 4.78 is 5.97. The SMILES string of the molecule is O=C1c2ccccc2CSc2cc(CCOC3CCCC3)ccc21. The molecule has 0 N–H and O–H groups in total. The fraction of sp³-hybridized carbons (Fsp3) is 0.381. The van der Waals surface area contributed by atoms with E-state index in [9.17, 15) is 4.79 Å². The smallest absolute Gasteiger partial charge is 0.194 e. The van der Waals surface area contributed by atoms with Crippen LogP contribution in [0.15, 0.2) is 47.4 Å². The second-order valence-electron chi connectivity index (χ2n) is 6.63. The summed E-state index contributed by atoms with van der Waals surface area (Å²) in [6.07, 6.45) is 6.44. The van der Waals surface area contributed by atoms with E-state index in [1.165, 1.54) is 31.2 Å². The van der Waals surface area contributed by atoms with Gasteiger partial charge in [-0.05, 0) is 42.5 Å². The molecule has 1 fully saturated rings. The first-order chi connectivity index (χ1) is 11.8. The molecule has 0 spiro atoms. The van der Waals surface area contributed by atoms with Crippen LogP contribution in [0.2, 0.25) is 0 Å². The molecule has 0 unspecified atom stereocenters. The van der Waals surface area contributed by atoms with Crippen LogP contribution < -0.4 is 0 Å². The Bertz CT molecular complexity index is 747. The highest BCUT2D eigenvalue weighted by molar-refractivity contribution is 7.98. The first-order valence-corrected chi connectivity index (χ1v) is 9.80. The van der Waals surface area contributed by atoms with Gasteiger partial charge in [0.05, 0.1) is 12.7 Å². The summed E-state index contributed by atoms with van der Waals surface area (Å²) in [5, 5.41) is 0. The van der Waals surface area contributed by atoms with Gasteiger partial charge in [0, 0.05) is 21.8 Å². The lowest BCUT2D eigenvalue weighted by Gasteiger charge is -2.12. The summed E-state index contributed by atoms with van der Waals surface area (Å²) in [7, 11) is 0. The summed E-state index contributed by atoms with van der Waals surface area (Å²) in [4.78, 5) is 13.9. The summed E-state index contributed by atoms with van der Waals surface area (Å²) in [5.41, 5.74) is 4.08. The quantitative estimate of drug-likeness (QED) is 0.782. The Labute approximate surface area is 147 Å². The van der Waals surface area contributed by atoms with Crippen molar-refractivity contribution in [3.05, 3.63) is 64.7 Å². The number of fused-ring (bicyclic) bond motifs is 2. The molecule has 2 nitrogen and oxygen atoms in total. The zero-order valence-corrected chi connectivity index (χ0v) is 14.6. The number of carbonyl (C=O) groups excluding carboxylic acids is 1. The normalized spacial score (nSPS) is 17.4. The molecule has 2 aliphatic rings. The third-order valence-corrected chi connectivity index (χ3v) is 6.09. The number of rotatable bonds is 4. The highest BCUT2D eigenvalue weighted by atomic mass is 32.2. The van der Waals surface area contributed by atoms with Gasteiger partial charge in [-0.1, -0.05) is 43.2 Å². The van der Waals surface area contributed by atoms with Gasteiger partial charge in [0.1, 0.15) is 0 Å².